The van der Waals surface area contributed by atoms with Crippen LogP contribution in [0.25, 0.3) is 16.6 Å². The monoisotopic (exact) mass is 556 g/mol. The van der Waals surface area contributed by atoms with Crippen LogP contribution in [0.5, 0.6) is 0 Å². The molecule has 1 amide bonds. The second kappa shape index (κ2) is 10.7. The maximum Gasteiger partial charge on any atom is 0.335 e. The summed E-state index contributed by atoms with van der Waals surface area (Å²) in [6.07, 6.45) is -0.229. The van der Waals surface area contributed by atoms with Gasteiger partial charge in [0.1, 0.15) is 17.7 Å². The number of hydrogen-bond donors (Lipinski definition) is 2. The van der Waals surface area contributed by atoms with Crippen molar-refractivity contribution in [1.82, 2.24) is 14.5 Å². The number of carbonyl (C=O) groups excluding carboxylic acids is 1. The summed E-state index contributed by atoms with van der Waals surface area (Å²) >= 11 is 5.71. The number of carboxylic acid groups (broad SMARTS) is 1. The number of nitrogens with zero attached hydrogens (tertiary/aromatic N) is 3. The van der Waals surface area contributed by atoms with Crippen LogP contribution in [0.1, 0.15) is 15.9 Å². The lowest BCUT2D eigenvalue weighted by Crippen LogP contribution is -2.42. The second-order valence-electron chi connectivity index (χ2n) is 9.03. The number of nitrogens with one attached hydrogen (secondary N) is 1. The Labute approximate surface area is 225 Å². The molecule has 1 atom stereocenters. The highest BCUT2D eigenvalue weighted by Crippen LogP contribution is 2.23. The molecule has 0 bridgehead atoms. The van der Waals surface area contributed by atoms with Crippen molar-refractivity contribution in [3.8, 4) is 5.69 Å². The number of benzene rings is 3. The van der Waals surface area contributed by atoms with E-state index in [0.29, 0.717) is 22.5 Å². The first kappa shape index (κ1) is 27.5. The van der Waals surface area contributed by atoms with Crippen molar-refractivity contribution in [3.63, 3.8) is 0 Å². The lowest BCUT2D eigenvalue weighted by Gasteiger charge is -2.17. The summed E-state index contributed by atoms with van der Waals surface area (Å²) in [5, 5.41) is 11.3. The first-order chi connectivity index (χ1) is 18.4. The summed E-state index contributed by atoms with van der Waals surface area (Å²) in [6.45, 7) is 0. The Morgan fingerprint density at radius 1 is 1.03 bits per heavy atom. The van der Waals surface area contributed by atoms with Crippen LogP contribution in [0.2, 0.25) is 5.02 Å². The molecule has 0 spiro atoms. The van der Waals surface area contributed by atoms with E-state index < -0.39 is 51.4 Å². The summed E-state index contributed by atoms with van der Waals surface area (Å²) < 4.78 is 30.2. The molecule has 0 unspecified atom stereocenters. The molecule has 0 saturated heterocycles. The maximum atomic E-state index is 14.1. The molecule has 12 heteroatoms. The normalized spacial score (nSPS) is 11.8. The molecule has 0 aliphatic heterocycles. The molecule has 0 aliphatic rings. The van der Waals surface area contributed by atoms with Crippen LogP contribution in [-0.2, 0) is 18.3 Å². The van der Waals surface area contributed by atoms with Gasteiger partial charge in [0.25, 0.3) is 11.5 Å². The first-order valence-electron chi connectivity index (χ1n) is 11.6. The third kappa shape index (κ3) is 5.26. The minimum atomic E-state index is -1.51. The molecule has 4 rings (SSSR count). The van der Waals surface area contributed by atoms with Crippen molar-refractivity contribution in [2.24, 2.45) is 7.05 Å². The Hall–Kier alpha value is -4.51. The second-order valence-corrected chi connectivity index (χ2v) is 9.41. The molecule has 0 saturated carbocycles. The van der Waals surface area contributed by atoms with Crippen molar-refractivity contribution < 1.29 is 23.5 Å². The zero-order chi connectivity index (χ0) is 28.6. The average Bonchev–Trinajstić information content (AvgIpc) is 2.90. The minimum Gasteiger partial charge on any atom is -0.480 e. The Balaban J connectivity index is 1.64. The largest absolute Gasteiger partial charge is 0.480 e. The van der Waals surface area contributed by atoms with Gasteiger partial charge in [-0.05, 0) is 48.0 Å². The van der Waals surface area contributed by atoms with Gasteiger partial charge in [0.2, 0.25) is 0 Å². The van der Waals surface area contributed by atoms with E-state index in [1.54, 1.807) is 25.2 Å². The molecular weight excluding hydrogens is 534 g/mol. The highest BCUT2D eigenvalue weighted by atomic mass is 35.5. The fourth-order valence-corrected chi connectivity index (χ4v) is 4.38. The number of fused-ring (bicyclic) bond motifs is 1. The van der Waals surface area contributed by atoms with Crippen LogP contribution in [0.4, 0.5) is 14.5 Å². The third-order valence-corrected chi connectivity index (χ3v) is 6.65. The van der Waals surface area contributed by atoms with Crippen LogP contribution < -0.4 is 21.5 Å². The predicted molar refractivity (Wildman–Crippen MR) is 143 cm³/mol. The topological polar surface area (TPSA) is 114 Å². The van der Waals surface area contributed by atoms with Gasteiger partial charge < -0.3 is 15.3 Å². The molecule has 1 aromatic heterocycles. The number of aromatic nitrogens is 2. The third-order valence-electron chi connectivity index (χ3n) is 6.28. The van der Waals surface area contributed by atoms with Gasteiger partial charge in [0.15, 0.2) is 0 Å². The number of hydrogen-bond acceptors (Lipinski definition) is 5. The fraction of sp³-hybridized carbons (Fsp3) is 0.185. The van der Waals surface area contributed by atoms with Gasteiger partial charge in [-0.25, -0.2) is 22.9 Å². The van der Waals surface area contributed by atoms with Crippen molar-refractivity contribution in [3.05, 3.63) is 103 Å². The molecule has 3 aromatic carbocycles. The summed E-state index contributed by atoms with van der Waals surface area (Å²) in [5.74, 6) is -4.74. The van der Waals surface area contributed by atoms with E-state index in [2.05, 4.69) is 5.32 Å². The zero-order valence-corrected chi connectivity index (χ0v) is 21.8. The van der Waals surface area contributed by atoms with E-state index in [4.69, 9.17) is 11.6 Å². The number of amides is 1. The van der Waals surface area contributed by atoms with E-state index in [-0.39, 0.29) is 12.1 Å². The summed E-state index contributed by atoms with van der Waals surface area (Å²) in [4.78, 5) is 52.5. The summed E-state index contributed by atoms with van der Waals surface area (Å²) in [5.41, 5.74) is 0.0440. The van der Waals surface area contributed by atoms with Crippen LogP contribution >= 0.6 is 11.6 Å². The number of carbonyl (C=O) groups is 2. The van der Waals surface area contributed by atoms with E-state index >= 15 is 0 Å². The van der Waals surface area contributed by atoms with Crippen molar-refractivity contribution in [2.45, 2.75) is 12.5 Å². The molecule has 0 fully saturated rings. The molecule has 1 heterocycles. The SMILES string of the molecule is CN(C)c1ccc2c(c1)c(=O)n(-c1ccc(C[C@H](NC(=O)c3c(F)ccc(F)c3Cl)C(=O)O)cc1)c(=O)n2C. The standard InChI is InChI=1S/C27H23ClF2N4O5/c1-32(2)16-8-11-21-17(13-16)25(36)34(27(39)33(21)3)15-6-4-14(5-7-15)12-20(26(37)38)31-24(35)22-18(29)9-10-19(30)23(22)28/h4-11,13,20H,12H2,1-3H3,(H,31,35)(H,37,38)/t20-/m0/s1. The Kier molecular flexibility index (Phi) is 7.55. The number of halogens is 3. The van der Waals surface area contributed by atoms with Crippen LogP contribution in [0.15, 0.2) is 64.2 Å². The number of anilines is 1. The van der Waals surface area contributed by atoms with Gasteiger partial charge in [-0.2, -0.15) is 0 Å². The molecule has 9 nitrogen and oxygen atoms in total. The first-order valence-corrected chi connectivity index (χ1v) is 12.0. The Bertz CT molecular complexity index is 1730. The number of rotatable bonds is 7. The van der Waals surface area contributed by atoms with E-state index in [1.807, 2.05) is 19.0 Å². The van der Waals surface area contributed by atoms with Crippen LogP contribution in [0, 0.1) is 11.6 Å². The lowest BCUT2D eigenvalue weighted by molar-refractivity contribution is -0.139. The highest BCUT2D eigenvalue weighted by molar-refractivity contribution is 6.34. The Morgan fingerprint density at radius 3 is 2.28 bits per heavy atom. The van der Waals surface area contributed by atoms with E-state index in [0.717, 1.165) is 16.3 Å². The van der Waals surface area contributed by atoms with Gasteiger partial charge in [-0.15, -0.1) is 0 Å². The average molecular weight is 557 g/mol. The summed E-state index contributed by atoms with van der Waals surface area (Å²) in [6, 6.07) is 11.1. The molecule has 0 radical (unpaired) electrons. The highest BCUT2D eigenvalue weighted by Gasteiger charge is 2.26. The van der Waals surface area contributed by atoms with Gasteiger partial charge in [-0.3, -0.25) is 14.2 Å². The molecule has 202 valence electrons. The van der Waals surface area contributed by atoms with Crippen LogP contribution in [0.3, 0.4) is 0 Å². The van der Waals surface area contributed by atoms with Gasteiger partial charge in [0.05, 0.1) is 27.2 Å². The summed E-state index contributed by atoms with van der Waals surface area (Å²) in [7, 11) is 5.21. The smallest absolute Gasteiger partial charge is 0.335 e. The molecule has 4 aromatic rings. The molecular formula is C27H23ClF2N4O5. The molecule has 2 N–H and O–H groups in total. The van der Waals surface area contributed by atoms with E-state index in [9.17, 15) is 33.1 Å². The maximum absolute atomic E-state index is 14.1. The van der Waals surface area contributed by atoms with Crippen molar-refractivity contribution >= 4 is 40.1 Å². The van der Waals surface area contributed by atoms with Crippen molar-refractivity contribution in [2.75, 3.05) is 19.0 Å². The Morgan fingerprint density at radius 2 is 1.67 bits per heavy atom. The van der Waals surface area contributed by atoms with Gasteiger partial charge in [-0.1, -0.05) is 23.7 Å². The minimum absolute atomic E-state index is 0.229. The number of carboxylic acids is 1. The van der Waals surface area contributed by atoms with Crippen LogP contribution in [-0.4, -0.2) is 46.3 Å². The molecule has 39 heavy (non-hydrogen) atoms. The van der Waals surface area contributed by atoms with Gasteiger partial charge in [0, 0.05) is 33.3 Å². The predicted octanol–water partition coefficient (Wildman–Crippen LogP) is 3.11. The van der Waals surface area contributed by atoms with E-state index in [1.165, 1.54) is 28.8 Å². The lowest BCUT2D eigenvalue weighted by atomic mass is 10.0. The number of aryl methyl sites for hydroxylation is 1. The number of aliphatic carboxylic acids is 1. The van der Waals surface area contributed by atoms with Crippen molar-refractivity contribution in [1.29, 1.82) is 0 Å². The quantitative estimate of drug-likeness (QED) is 0.338. The van der Waals surface area contributed by atoms with Gasteiger partial charge >= 0.3 is 11.7 Å². The molecule has 0 aliphatic carbocycles. The zero-order valence-electron chi connectivity index (χ0n) is 21.0. The fourth-order valence-electron chi connectivity index (χ4n) is 4.14.